The van der Waals surface area contributed by atoms with Crippen molar-refractivity contribution in [3.8, 4) is 11.3 Å². The predicted molar refractivity (Wildman–Crippen MR) is 113 cm³/mol. The molecule has 0 amide bonds. The molecule has 0 aliphatic carbocycles. The van der Waals surface area contributed by atoms with E-state index in [-0.39, 0.29) is 23.8 Å². The third-order valence-corrected chi connectivity index (χ3v) is 4.80. The summed E-state index contributed by atoms with van der Waals surface area (Å²) >= 11 is 8.74. The molecule has 7 heteroatoms. The number of thiol groups is 2. The summed E-state index contributed by atoms with van der Waals surface area (Å²) in [5.41, 5.74) is 4.03. The maximum atomic E-state index is 12.5. The van der Waals surface area contributed by atoms with E-state index >= 15 is 0 Å². The molecule has 5 nitrogen and oxygen atoms in total. The Kier molecular flexibility index (Phi) is 7.73. The van der Waals surface area contributed by atoms with Crippen molar-refractivity contribution in [1.29, 1.82) is 0 Å². The van der Waals surface area contributed by atoms with Crippen LogP contribution in [0.3, 0.4) is 0 Å². The average Bonchev–Trinajstić information content (AvgIpc) is 3.08. The minimum atomic E-state index is -0.277. The van der Waals surface area contributed by atoms with Crippen molar-refractivity contribution in [2.24, 2.45) is 5.92 Å². The summed E-state index contributed by atoms with van der Waals surface area (Å²) < 4.78 is 1.74. The highest BCUT2D eigenvalue weighted by Gasteiger charge is 2.23. The molecule has 1 unspecified atom stereocenters. The standard InChI is InChI=1S/C19H28N4OS2/c1-12(2)19(24)18(20-13(3)4)9-23-8-17(21-22-23)16-6-14(10-25)5-15(7-16)11-26/h5-8,12-13,18,20,25-26H,9-11H2,1-4H3. The number of carbonyl (C=O) groups excluding carboxylic acids is 1. The third-order valence-electron chi connectivity index (χ3n) is 4.07. The maximum Gasteiger partial charge on any atom is 0.154 e. The zero-order valence-corrected chi connectivity index (χ0v) is 17.6. The van der Waals surface area contributed by atoms with Crippen molar-refractivity contribution in [2.75, 3.05) is 0 Å². The number of benzene rings is 1. The van der Waals surface area contributed by atoms with Crippen LogP contribution in [0.25, 0.3) is 11.3 Å². The number of aromatic nitrogens is 3. The van der Waals surface area contributed by atoms with Crippen molar-refractivity contribution >= 4 is 31.0 Å². The molecule has 0 bridgehead atoms. The zero-order chi connectivity index (χ0) is 19.3. The number of nitrogens with zero attached hydrogens (tertiary/aromatic N) is 3. The van der Waals surface area contributed by atoms with Gasteiger partial charge in [0.25, 0.3) is 0 Å². The first kappa shape index (κ1) is 21.0. The summed E-state index contributed by atoms with van der Waals surface area (Å²) in [6.07, 6.45) is 1.89. The first-order valence-electron chi connectivity index (χ1n) is 8.88. The number of rotatable bonds is 9. The minimum Gasteiger partial charge on any atom is -0.304 e. The highest BCUT2D eigenvalue weighted by molar-refractivity contribution is 7.79. The van der Waals surface area contributed by atoms with E-state index in [4.69, 9.17) is 0 Å². The molecule has 0 saturated heterocycles. The van der Waals surface area contributed by atoms with E-state index in [1.165, 1.54) is 0 Å². The van der Waals surface area contributed by atoms with Crippen LogP contribution in [0.15, 0.2) is 24.4 Å². The van der Waals surface area contributed by atoms with E-state index in [1.54, 1.807) is 4.68 Å². The second-order valence-electron chi connectivity index (χ2n) is 7.11. The number of hydrogen-bond acceptors (Lipinski definition) is 6. The van der Waals surface area contributed by atoms with Gasteiger partial charge in [0, 0.05) is 29.0 Å². The summed E-state index contributed by atoms with van der Waals surface area (Å²) in [5, 5.41) is 11.9. The Labute approximate surface area is 166 Å². The molecule has 2 aromatic rings. The van der Waals surface area contributed by atoms with Gasteiger partial charge in [-0.1, -0.05) is 39.0 Å². The van der Waals surface area contributed by atoms with Gasteiger partial charge in [-0.2, -0.15) is 25.3 Å². The van der Waals surface area contributed by atoms with Gasteiger partial charge in [-0.15, -0.1) is 5.10 Å². The van der Waals surface area contributed by atoms with Gasteiger partial charge < -0.3 is 5.32 Å². The van der Waals surface area contributed by atoms with Crippen LogP contribution in [0, 0.1) is 5.92 Å². The SMILES string of the molecule is CC(C)NC(Cn1cc(-c2cc(CS)cc(CS)c2)nn1)C(=O)C(C)C. The first-order valence-corrected chi connectivity index (χ1v) is 10.1. The van der Waals surface area contributed by atoms with Crippen LogP contribution >= 0.6 is 25.3 Å². The Hall–Kier alpha value is -1.31. The summed E-state index contributed by atoms with van der Waals surface area (Å²) in [6, 6.07) is 6.17. The van der Waals surface area contributed by atoms with Crippen molar-refractivity contribution in [3.05, 3.63) is 35.5 Å². The molecule has 2 rings (SSSR count). The lowest BCUT2D eigenvalue weighted by molar-refractivity contribution is -0.124. The van der Waals surface area contributed by atoms with Gasteiger partial charge in [0.1, 0.15) is 5.69 Å². The molecule has 0 aliphatic rings. The Balaban J connectivity index is 2.24. The largest absolute Gasteiger partial charge is 0.304 e. The van der Waals surface area contributed by atoms with Crippen LogP contribution in [-0.4, -0.2) is 32.9 Å². The van der Waals surface area contributed by atoms with E-state index in [0.29, 0.717) is 18.1 Å². The Bertz CT molecular complexity index is 721. The van der Waals surface area contributed by atoms with Crippen LogP contribution in [0.2, 0.25) is 0 Å². The monoisotopic (exact) mass is 392 g/mol. The Morgan fingerprint density at radius 3 is 2.23 bits per heavy atom. The molecule has 0 radical (unpaired) electrons. The van der Waals surface area contributed by atoms with Gasteiger partial charge in [-0.05, 0) is 23.3 Å². The Morgan fingerprint density at radius 2 is 1.73 bits per heavy atom. The summed E-state index contributed by atoms with van der Waals surface area (Å²) in [7, 11) is 0. The number of ketones is 1. The fraction of sp³-hybridized carbons (Fsp3) is 0.526. The van der Waals surface area contributed by atoms with Gasteiger partial charge in [-0.25, -0.2) is 4.68 Å². The molecule has 1 aromatic carbocycles. The average molecular weight is 393 g/mol. The minimum absolute atomic E-state index is 0.0285. The second-order valence-corrected chi connectivity index (χ2v) is 7.74. The molecule has 1 atom stereocenters. The molecule has 142 valence electrons. The van der Waals surface area contributed by atoms with Crippen LogP contribution in [0.5, 0.6) is 0 Å². The smallest absolute Gasteiger partial charge is 0.154 e. The number of nitrogens with one attached hydrogen (secondary N) is 1. The van der Waals surface area contributed by atoms with Crippen LogP contribution in [0.1, 0.15) is 38.8 Å². The maximum absolute atomic E-state index is 12.5. The summed E-state index contributed by atoms with van der Waals surface area (Å²) in [4.78, 5) is 12.5. The highest BCUT2D eigenvalue weighted by Crippen LogP contribution is 2.22. The van der Waals surface area contributed by atoms with Gasteiger partial charge in [0.15, 0.2) is 5.78 Å². The van der Waals surface area contributed by atoms with E-state index in [9.17, 15) is 4.79 Å². The second kappa shape index (κ2) is 9.58. The number of hydrogen-bond donors (Lipinski definition) is 3. The molecular formula is C19H28N4OS2. The van der Waals surface area contributed by atoms with Gasteiger partial charge in [-0.3, -0.25) is 4.79 Å². The fourth-order valence-electron chi connectivity index (χ4n) is 2.83. The van der Waals surface area contributed by atoms with E-state index in [0.717, 1.165) is 22.4 Å². The zero-order valence-electron chi connectivity index (χ0n) is 15.8. The molecule has 1 N–H and O–H groups in total. The fourth-order valence-corrected chi connectivity index (χ4v) is 3.19. The molecule has 0 fully saturated rings. The predicted octanol–water partition coefficient (Wildman–Crippen LogP) is 3.40. The molecule has 1 heterocycles. The van der Waals surface area contributed by atoms with Crippen LogP contribution < -0.4 is 5.32 Å². The van der Waals surface area contributed by atoms with E-state index in [2.05, 4.69) is 59.1 Å². The molecular weight excluding hydrogens is 364 g/mol. The molecule has 0 aliphatic heterocycles. The normalized spacial score (nSPS) is 12.8. The van der Waals surface area contributed by atoms with Gasteiger partial charge in [0.2, 0.25) is 0 Å². The molecule has 0 saturated carbocycles. The van der Waals surface area contributed by atoms with Crippen molar-refractivity contribution in [3.63, 3.8) is 0 Å². The van der Waals surface area contributed by atoms with Gasteiger partial charge in [0.05, 0.1) is 18.8 Å². The quantitative estimate of drug-likeness (QED) is 0.573. The van der Waals surface area contributed by atoms with E-state index in [1.807, 2.05) is 33.9 Å². The number of carbonyl (C=O) groups is 1. The third kappa shape index (κ3) is 5.59. The topological polar surface area (TPSA) is 59.8 Å². The molecule has 26 heavy (non-hydrogen) atoms. The van der Waals surface area contributed by atoms with E-state index < -0.39 is 0 Å². The number of Topliss-reactive ketones (excluding diaryl/α,β-unsaturated/α-hetero) is 1. The summed E-state index contributed by atoms with van der Waals surface area (Å²) in [5.74, 6) is 1.47. The molecule has 0 spiro atoms. The summed E-state index contributed by atoms with van der Waals surface area (Å²) in [6.45, 7) is 8.39. The lowest BCUT2D eigenvalue weighted by atomic mass is 10.0. The van der Waals surface area contributed by atoms with Gasteiger partial charge >= 0.3 is 0 Å². The lowest BCUT2D eigenvalue weighted by Crippen LogP contribution is -2.45. The van der Waals surface area contributed by atoms with Crippen LogP contribution in [-0.2, 0) is 22.8 Å². The lowest BCUT2D eigenvalue weighted by Gasteiger charge is -2.21. The highest BCUT2D eigenvalue weighted by atomic mass is 32.1. The van der Waals surface area contributed by atoms with Crippen LogP contribution in [0.4, 0.5) is 0 Å². The Morgan fingerprint density at radius 1 is 1.12 bits per heavy atom. The van der Waals surface area contributed by atoms with Crippen molar-refractivity contribution in [1.82, 2.24) is 20.3 Å². The molecule has 1 aromatic heterocycles. The first-order chi connectivity index (χ1) is 12.3. The van der Waals surface area contributed by atoms with Crippen molar-refractivity contribution < 1.29 is 4.79 Å². The van der Waals surface area contributed by atoms with Crippen molar-refractivity contribution in [2.45, 2.75) is 57.8 Å².